The van der Waals surface area contributed by atoms with E-state index in [1.54, 1.807) is 17.5 Å². The van der Waals surface area contributed by atoms with Crippen LogP contribution >= 0.6 is 22.7 Å². The number of thiophene rings is 1. The Morgan fingerprint density at radius 2 is 1.81 bits per heavy atom. The number of Topliss-reactive ketones (excluding diaryl/α,β-unsaturated/α-hetero) is 1. The Balaban J connectivity index is 1.68. The van der Waals surface area contributed by atoms with Gasteiger partial charge in [0.1, 0.15) is 11.6 Å². The number of anilines is 1. The van der Waals surface area contributed by atoms with Gasteiger partial charge in [0.15, 0.2) is 10.9 Å². The molecule has 0 bridgehead atoms. The summed E-state index contributed by atoms with van der Waals surface area (Å²) in [6, 6.07) is 11.7. The number of ketones is 1. The number of fused-ring (bicyclic) bond motifs is 1. The largest absolute Gasteiger partial charge is 0.503 e. The van der Waals surface area contributed by atoms with E-state index in [1.165, 1.54) is 58.7 Å². The van der Waals surface area contributed by atoms with E-state index in [9.17, 15) is 23.5 Å². The number of carbonyl (C=O) groups is 2. The summed E-state index contributed by atoms with van der Waals surface area (Å²) in [6.07, 6.45) is 0. The van der Waals surface area contributed by atoms with Crippen LogP contribution in [0.5, 0.6) is 0 Å². The number of thiazole rings is 1. The molecule has 1 unspecified atom stereocenters. The lowest BCUT2D eigenvalue weighted by Gasteiger charge is -2.24. The molecule has 1 aliphatic rings. The molecule has 154 valence electrons. The van der Waals surface area contributed by atoms with Crippen molar-refractivity contribution in [2.75, 3.05) is 4.90 Å². The van der Waals surface area contributed by atoms with E-state index < -0.39 is 35.1 Å². The molecule has 1 amide bonds. The van der Waals surface area contributed by atoms with Crippen LogP contribution in [0.4, 0.5) is 13.9 Å². The number of halogens is 2. The number of aliphatic hydroxyl groups is 1. The molecule has 0 radical (unpaired) electrons. The van der Waals surface area contributed by atoms with Crippen LogP contribution in [-0.2, 0) is 4.79 Å². The number of carbonyl (C=O) groups excluding carboxylic acids is 2. The van der Waals surface area contributed by atoms with Crippen molar-refractivity contribution in [1.82, 2.24) is 4.98 Å². The Labute approximate surface area is 182 Å². The summed E-state index contributed by atoms with van der Waals surface area (Å²) in [5, 5.41) is 12.6. The molecule has 31 heavy (non-hydrogen) atoms. The van der Waals surface area contributed by atoms with Crippen LogP contribution in [0.2, 0.25) is 0 Å². The molecule has 0 aliphatic carbocycles. The van der Waals surface area contributed by atoms with E-state index in [0.29, 0.717) is 20.7 Å². The number of rotatable bonds is 4. The van der Waals surface area contributed by atoms with Gasteiger partial charge in [-0.25, -0.2) is 13.8 Å². The zero-order chi connectivity index (χ0) is 21.7. The summed E-state index contributed by atoms with van der Waals surface area (Å²) in [4.78, 5) is 32.2. The Kier molecular flexibility index (Phi) is 4.64. The number of aliphatic hydroxyl groups excluding tert-OH is 1. The second-order valence-electron chi connectivity index (χ2n) is 6.81. The molecule has 5 rings (SSSR count). The first kappa shape index (κ1) is 19.5. The van der Waals surface area contributed by atoms with Gasteiger partial charge in [-0.05, 0) is 47.3 Å². The number of benzene rings is 2. The van der Waals surface area contributed by atoms with Gasteiger partial charge < -0.3 is 5.11 Å². The molecule has 1 aliphatic heterocycles. The summed E-state index contributed by atoms with van der Waals surface area (Å²) in [6.45, 7) is 0. The molecule has 5 nitrogen and oxygen atoms in total. The lowest BCUT2D eigenvalue weighted by atomic mass is 9.95. The predicted molar refractivity (Wildman–Crippen MR) is 115 cm³/mol. The van der Waals surface area contributed by atoms with E-state index in [-0.39, 0.29) is 10.7 Å². The van der Waals surface area contributed by atoms with Crippen LogP contribution in [0.15, 0.2) is 71.3 Å². The molecule has 2 aromatic heterocycles. The minimum atomic E-state index is -1.01. The van der Waals surface area contributed by atoms with Gasteiger partial charge in [0.05, 0.1) is 26.7 Å². The average Bonchev–Trinajstić information content (AvgIpc) is 3.47. The maximum Gasteiger partial charge on any atom is 0.296 e. The molecule has 2 aromatic carbocycles. The van der Waals surface area contributed by atoms with Gasteiger partial charge in [0.25, 0.3) is 5.91 Å². The first-order valence-corrected chi connectivity index (χ1v) is 10.8. The van der Waals surface area contributed by atoms with Crippen LogP contribution in [0.1, 0.15) is 21.3 Å². The molecule has 1 atom stereocenters. The fourth-order valence-electron chi connectivity index (χ4n) is 3.52. The monoisotopic (exact) mass is 454 g/mol. The summed E-state index contributed by atoms with van der Waals surface area (Å²) in [5.74, 6) is -2.90. The highest BCUT2D eigenvalue weighted by Gasteiger charge is 2.46. The van der Waals surface area contributed by atoms with Crippen LogP contribution in [0, 0.1) is 11.6 Å². The van der Waals surface area contributed by atoms with Crippen molar-refractivity contribution < 1.29 is 23.5 Å². The van der Waals surface area contributed by atoms with Crippen LogP contribution in [0.25, 0.3) is 10.2 Å². The lowest BCUT2D eigenvalue weighted by molar-refractivity contribution is -0.117. The van der Waals surface area contributed by atoms with Crippen molar-refractivity contribution in [1.29, 1.82) is 0 Å². The summed E-state index contributed by atoms with van der Waals surface area (Å²) in [5.41, 5.74) is 0.804. The lowest BCUT2D eigenvalue weighted by Crippen LogP contribution is -2.30. The molecule has 4 aromatic rings. The van der Waals surface area contributed by atoms with E-state index in [0.717, 1.165) is 11.3 Å². The zero-order valence-electron chi connectivity index (χ0n) is 15.6. The molecule has 3 heterocycles. The van der Waals surface area contributed by atoms with Crippen molar-refractivity contribution >= 4 is 49.7 Å². The normalized spacial score (nSPS) is 16.5. The molecule has 0 spiro atoms. The number of nitrogens with zero attached hydrogens (tertiary/aromatic N) is 2. The van der Waals surface area contributed by atoms with Crippen molar-refractivity contribution in [3.63, 3.8) is 0 Å². The van der Waals surface area contributed by atoms with Gasteiger partial charge in [-0.1, -0.05) is 29.5 Å². The van der Waals surface area contributed by atoms with Gasteiger partial charge in [0.2, 0.25) is 5.78 Å². The van der Waals surface area contributed by atoms with Crippen molar-refractivity contribution in [3.8, 4) is 0 Å². The molecular weight excluding hydrogens is 442 g/mol. The van der Waals surface area contributed by atoms with Crippen LogP contribution in [-0.4, -0.2) is 21.8 Å². The third-order valence-corrected chi connectivity index (χ3v) is 6.81. The second kappa shape index (κ2) is 7.36. The Bertz CT molecular complexity index is 1360. The number of hydrogen-bond donors (Lipinski definition) is 1. The Morgan fingerprint density at radius 1 is 1.06 bits per heavy atom. The highest BCUT2D eigenvalue weighted by molar-refractivity contribution is 7.22. The summed E-state index contributed by atoms with van der Waals surface area (Å²) >= 11 is 2.24. The van der Waals surface area contributed by atoms with E-state index in [2.05, 4.69) is 4.98 Å². The summed E-state index contributed by atoms with van der Waals surface area (Å²) in [7, 11) is 0. The standard InChI is InChI=1S/C22H12F2N2O3S2/c23-12-5-3-11(4-6-12)18-17(19(27)15-2-1-9-30-15)20(28)21(29)26(18)22-25-14-8-7-13(24)10-16(14)31-22/h1-10,18,28H. The molecule has 9 heteroatoms. The summed E-state index contributed by atoms with van der Waals surface area (Å²) < 4.78 is 27.7. The van der Waals surface area contributed by atoms with Crippen LogP contribution < -0.4 is 4.90 Å². The fraction of sp³-hybridized carbons (Fsp3) is 0.0455. The third-order valence-electron chi connectivity index (χ3n) is 4.93. The van der Waals surface area contributed by atoms with Gasteiger partial charge in [-0.3, -0.25) is 14.5 Å². The van der Waals surface area contributed by atoms with Crippen molar-refractivity contribution in [2.24, 2.45) is 0 Å². The highest BCUT2D eigenvalue weighted by Crippen LogP contribution is 2.44. The predicted octanol–water partition coefficient (Wildman–Crippen LogP) is 5.42. The minimum absolute atomic E-state index is 0.107. The number of aromatic nitrogens is 1. The van der Waals surface area contributed by atoms with E-state index >= 15 is 0 Å². The van der Waals surface area contributed by atoms with Gasteiger partial charge in [-0.2, -0.15) is 0 Å². The smallest absolute Gasteiger partial charge is 0.296 e. The highest BCUT2D eigenvalue weighted by atomic mass is 32.1. The van der Waals surface area contributed by atoms with Crippen molar-refractivity contribution in [2.45, 2.75) is 6.04 Å². The number of hydrogen-bond acceptors (Lipinski definition) is 6. The number of amides is 1. The Morgan fingerprint density at radius 3 is 2.52 bits per heavy atom. The quantitative estimate of drug-likeness (QED) is 0.418. The first-order chi connectivity index (χ1) is 14.9. The van der Waals surface area contributed by atoms with Crippen LogP contribution in [0.3, 0.4) is 0 Å². The Hall–Kier alpha value is -3.43. The molecule has 0 saturated carbocycles. The topological polar surface area (TPSA) is 70.5 Å². The zero-order valence-corrected chi connectivity index (χ0v) is 17.2. The molecule has 0 saturated heterocycles. The van der Waals surface area contributed by atoms with Gasteiger partial charge in [0, 0.05) is 0 Å². The maximum absolute atomic E-state index is 13.6. The molecule has 0 fully saturated rings. The average molecular weight is 454 g/mol. The minimum Gasteiger partial charge on any atom is -0.503 e. The van der Waals surface area contributed by atoms with E-state index in [1.807, 2.05) is 0 Å². The van der Waals surface area contributed by atoms with Crippen molar-refractivity contribution in [3.05, 3.63) is 93.4 Å². The molecular formula is C22H12F2N2O3S2. The maximum atomic E-state index is 13.6. The second-order valence-corrected chi connectivity index (χ2v) is 8.76. The van der Waals surface area contributed by atoms with Gasteiger partial charge in [-0.15, -0.1) is 11.3 Å². The fourth-order valence-corrected chi connectivity index (χ4v) is 5.22. The molecule has 1 N–H and O–H groups in total. The SMILES string of the molecule is O=C(C1=C(O)C(=O)N(c2nc3ccc(F)cc3s2)C1c1ccc(F)cc1)c1cccs1. The first-order valence-electron chi connectivity index (χ1n) is 9.10. The van der Waals surface area contributed by atoms with Gasteiger partial charge >= 0.3 is 0 Å². The third kappa shape index (κ3) is 3.22. The van der Waals surface area contributed by atoms with E-state index in [4.69, 9.17) is 0 Å².